The molecule has 1 saturated heterocycles. The van der Waals surface area contributed by atoms with Gasteiger partial charge in [-0.25, -0.2) is 13.2 Å². The fourth-order valence-corrected chi connectivity index (χ4v) is 4.59. The molecule has 1 fully saturated rings. The Morgan fingerprint density at radius 2 is 1.97 bits per heavy atom. The number of fused-ring (bicyclic) bond motifs is 2. The molecule has 2 aliphatic rings. The molecule has 0 saturated carbocycles. The summed E-state index contributed by atoms with van der Waals surface area (Å²) in [6.45, 7) is 3.88. The predicted molar refractivity (Wildman–Crippen MR) is 122 cm³/mol. The molecule has 1 aliphatic carbocycles. The Morgan fingerprint density at radius 3 is 2.65 bits per heavy atom. The molecule has 0 spiro atoms. The Kier molecular flexibility index (Phi) is 6.81. The van der Waals surface area contributed by atoms with Gasteiger partial charge in [0.15, 0.2) is 23.2 Å². The monoisotopic (exact) mass is 473 g/mol. The van der Waals surface area contributed by atoms with E-state index < -0.39 is 17.5 Å². The summed E-state index contributed by atoms with van der Waals surface area (Å²) < 4.78 is 47.4. The first-order valence-electron chi connectivity index (χ1n) is 11.1. The van der Waals surface area contributed by atoms with Gasteiger partial charge in [0.1, 0.15) is 0 Å². The van der Waals surface area contributed by atoms with Gasteiger partial charge >= 0.3 is 0 Å². The predicted octanol–water partition coefficient (Wildman–Crippen LogP) is 3.86. The molecule has 34 heavy (non-hydrogen) atoms. The van der Waals surface area contributed by atoms with Gasteiger partial charge in [0, 0.05) is 30.3 Å². The molecule has 180 valence electrons. The molecule has 2 bridgehead atoms. The number of anilines is 1. The number of nitrogens with one attached hydrogen (secondary N) is 2. The minimum Gasteiger partial charge on any atom is -0.488 e. The van der Waals surface area contributed by atoms with Crippen LogP contribution in [0.4, 0.5) is 18.9 Å². The summed E-state index contributed by atoms with van der Waals surface area (Å²) in [7, 11) is 0. The van der Waals surface area contributed by atoms with Crippen molar-refractivity contribution in [1.82, 2.24) is 10.2 Å². The highest BCUT2D eigenvalue weighted by Crippen LogP contribution is 2.43. The first-order chi connectivity index (χ1) is 16.3. The number of ether oxygens (including phenoxy) is 1. The number of hydrogen-bond acceptors (Lipinski definition) is 4. The lowest BCUT2D eigenvalue weighted by Crippen LogP contribution is -2.40. The second kappa shape index (κ2) is 9.79. The molecule has 2 unspecified atom stereocenters. The summed E-state index contributed by atoms with van der Waals surface area (Å²) >= 11 is 0. The average Bonchev–Trinajstić information content (AvgIpc) is 3.41. The maximum absolute atomic E-state index is 14.2. The lowest BCUT2D eigenvalue weighted by molar-refractivity contribution is -0.129. The minimum absolute atomic E-state index is 0.0549. The smallest absolute Gasteiger partial charge is 0.242 e. The van der Waals surface area contributed by atoms with Crippen LogP contribution in [0.15, 0.2) is 36.4 Å². The van der Waals surface area contributed by atoms with Crippen LogP contribution in [0, 0.1) is 23.4 Å². The van der Waals surface area contributed by atoms with Crippen molar-refractivity contribution in [2.45, 2.75) is 39.0 Å². The minimum atomic E-state index is -1.07. The first kappa shape index (κ1) is 23.7. The SMILES string of the molecule is CC(C)Oc1cc(C2=CC3CC2CN3C(=O)CNc2ccc(F)c(F)c2CNC=O)ccc1F. The molecule has 0 radical (unpaired) electrons. The van der Waals surface area contributed by atoms with Crippen LogP contribution < -0.4 is 15.4 Å². The molecular weight excluding hydrogens is 447 g/mol. The average molecular weight is 473 g/mol. The van der Waals surface area contributed by atoms with Crippen LogP contribution in [0.3, 0.4) is 0 Å². The zero-order valence-corrected chi connectivity index (χ0v) is 18.9. The molecule has 2 amide bonds. The van der Waals surface area contributed by atoms with E-state index in [0.29, 0.717) is 13.0 Å². The summed E-state index contributed by atoms with van der Waals surface area (Å²) in [6, 6.07) is 7.04. The fourth-order valence-electron chi connectivity index (χ4n) is 4.59. The van der Waals surface area contributed by atoms with Gasteiger partial charge in [-0.3, -0.25) is 9.59 Å². The highest BCUT2D eigenvalue weighted by molar-refractivity contribution is 5.84. The van der Waals surface area contributed by atoms with Crippen LogP contribution in [-0.2, 0) is 16.1 Å². The van der Waals surface area contributed by atoms with Gasteiger partial charge in [-0.2, -0.15) is 0 Å². The van der Waals surface area contributed by atoms with Crippen molar-refractivity contribution >= 4 is 23.6 Å². The van der Waals surface area contributed by atoms with E-state index in [1.54, 1.807) is 17.0 Å². The second-order valence-electron chi connectivity index (χ2n) is 8.72. The Balaban J connectivity index is 1.44. The van der Waals surface area contributed by atoms with E-state index in [1.807, 2.05) is 19.9 Å². The second-order valence-corrected chi connectivity index (χ2v) is 8.72. The normalized spacial score (nSPS) is 18.8. The molecule has 6 nitrogen and oxygen atoms in total. The molecule has 0 aromatic heterocycles. The van der Waals surface area contributed by atoms with Crippen molar-refractivity contribution in [3.63, 3.8) is 0 Å². The van der Waals surface area contributed by atoms with Crippen LogP contribution in [0.25, 0.3) is 5.57 Å². The summed E-state index contributed by atoms with van der Waals surface area (Å²) in [5.74, 6) is -2.35. The topological polar surface area (TPSA) is 70.7 Å². The van der Waals surface area contributed by atoms with Crippen LogP contribution >= 0.6 is 0 Å². The highest BCUT2D eigenvalue weighted by Gasteiger charge is 2.41. The van der Waals surface area contributed by atoms with Gasteiger partial charge in [-0.15, -0.1) is 0 Å². The number of benzene rings is 2. The fraction of sp³-hybridized carbons (Fsp3) is 0.360. The van der Waals surface area contributed by atoms with E-state index in [9.17, 15) is 22.8 Å². The van der Waals surface area contributed by atoms with Gasteiger partial charge in [0.05, 0.1) is 18.7 Å². The standard InChI is InChI=1S/C25H26F3N3O3/c1-14(2)34-23-8-15(3-4-20(23)26)18-9-17-7-16(18)12-31(17)24(33)11-30-22-6-5-21(27)25(28)19(22)10-29-13-32/h3-6,8-9,13-14,16-17,30H,7,10-12H2,1-2H3,(H,29,32). The van der Waals surface area contributed by atoms with Gasteiger partial charge in [-0.05, 0) is 55.7 Å². The largest absolute Gasteiger partial charge is 0.488 e. The molecule has 2 aromatic rings. The number of nitrogens with zero attached hydrogens (tertiary/aromatic N) is 1. The van der Waals surface area contributed by atoms with Crippen molar-refractivity contribution in [3.8, 4) is 5.75 Å². The maximum atomic E-state index is 14.2. The maximum Gasteiger partial charge on any atom is 0.242 e. The van der Waals surface area contributed by atoms with E-state index in [0.717, 1.165) is 23.6 Å². The van der Waals surface area contributed by atoms with Gasteiger partial charge in [-0.1, -0.05) is 12.1 Å². The first-order valence-corrected chi connectivity index (χ1v) is 11.1. The van der Waals surface area contributed by atoms with Crippen molar-refractivity contribution in [1.29, 1.82) is 0 Å². The van der Waals surface area contributed by atoms with Crippen molar-refractivity contribution in [2.75, 3.05) is 18.4 Å². The number of amides is 2. The van der Waals surface area contributed by atoms with Gasteiger partial charge in [0.2, 0.25) is 12.3 Å². The third-order valence-electron chi connectivity index (χ3n) is 6.09. The van der Waals surface area contributed by atoms with E-state index in [4.69, 9.17) is 4.74 Å². The Morgan fingerprint density at radius 1 is 1.21 bits per heavy atom. The zero-order valence-electron chi connectivity index (χ0n) is 18.9. The van der Waals surface area contributed by atoms with Gasteiger partial charge in [0.25, 0.3) is 0 Å². The highest BCUT2D eigenvalue weighted by atomic mass is 19.2. The van der Waals surface area contributed by atoms with Crippen molar-refractivity contribution in [2.24, 2.45) is 5.92 Å². The lowest BCUT2D eigenvalue weighted by Gasteiger charge is -2.27. The summed E-state index contributed by atoms with van der Waals surface area (Å²) in [5, 5.41) is 5.18. The molecule has 1 aliphatic heterocycles. The molecule has 9 heteroatoms. The third kappa shape index (κ3) is 4.73. The van der Waals surface area contributed by atoms with Crippen LogP contribution in [0.1, 0.15) is 31.4 Å². The molecule has 2 aromatic carbocycles. The summed E-state index contributed by atoms with van der Waals surface area (Å²) in [6.07, 6.45) is 3.04. The van der Waals surface area contributed by atoms with Crippen molar-refractivity contribution in [3.05, 3.63) is 65.0 Å². The molecule has 2 atom stereocenters. The van der Waals surface area contributed by atoms with Crippen molar-refractivity contribution < 1.29 is 27.5 Å². The van der Waals surface area contributed by atoms with Crippen LogP contribution in [0.5, 0.6) is 5.75 Å². The third-order valence-corrected chi connectivity index (χ3v) is 6.09. The number of rotatable bonds is 9. The van der Waals surface area contributed by atoms with Crippen LogP contribution in [-0.4, -0.2) is 42.5 Å². The molecule has 2 N–H and O–H groups in total. The van der Waals surface area contributed by atoms with Crippen LogP contribution in [0.2, 0.25) is 0 Å². The molecule has 1 heterocycles. The number of carbonyl (C=O) groups is 2. The number of hydrogen-bond donors (Lipinski definition) is 2. The molecular formula is C25H26F3N3O3. The number of likely N-dealkylation sites (tertiary alicyclic amines) is 1. The zero-order chi connectivity index (χ0) is 24.4. The van der Waals surface area contributed by atoms with Gasteiger partial charge < -0.3 is 20.3 Å². The Labute approximate surface area is 195 Å². The van der Waals surface area contributed by atoms with E-state index in [-0.39, 0.29) is 54.1 Å². The van der Waals surface area contributed by atoms with E-state index in [1.165, 1.54) is 12.1 Å². The summed E-state index contributed by atoms with van der Waals surface area (Å²) in [4.78, 5) is 25.2. The number of carbonyl (C=O) groups excluding carboxylic acids is 2. The molecule has 4 rings (SSSR count). The van der Waals surface area contributed by atoms with E-state index in [2.05, 4.69) is 10.6 Å². The van der Waals surface area contributed by atoms with E-state index >= 15 is 0 Å². The Hall–Kier alpha value is -3.49. The number of halogens is 3. The summed E-state index contributed by atoms with van der Waals surface area (Å²) in [5.41, 5.74) is 2.13. The quantitative estimate of drug-likeness (QED) is 0.543. The Bertz CT molecular complexity index is 1140. The lowest BCUT2D eigenvalue weighted by atomic mass is 9.95.